The van der Waals surface area contributed by atoms with Gasteiger partial charge in [-0.15, -0.1) is 11.3 Å². The summed E-state index contributed by atoms with van der Waals surface area (Å²) in [5.41, 5.74) is 8.10. The normalized spacial score (nSPS) is 9.64. The van der Waals surface area contributed by atoms with Crippen molar-refractivity contribution < 1.29 is 0 Å². The van der Waals surface area contributed by atoms with Gasteiger partial charge in [-0.1, -0.05) is 12.1 Å². The molecule has 0 saturated heterocycles. The van der Waals surface area contributed by atoms with E-state index in [0.29, 0.717) is 11.3 Å². The molecule has 0 saturated carbocycles. The summed E-state index contributed by atoms with van der Waals surface area (Å²) in [7, 11) is 0. The van der Waals surface area contributed by atoms with Gasteiger partial charge in [0, 0.05) is 16.1 Å². The smallest absolute Gasteiger partial charge is 0.0992 e. The fourth-order valence-corrected chi connectivity index (χ4v) is 2.06. The quantitative estimate of drug-likeness (QED) is 0.719. The fourth-order valence-electron chi connectivity index (χ4n) is 1.29. The first-order valence-corrected chi connectivity index (χ1v) is 5.03. The monoisotopic (exact) mass is 200 g/mol. The third-order valence-electron chi connectivity index (χ3n) is 1.97. The predicted molar refractivity (Wildman–Crippen MR) is 58.9 cm³/mol. The Morgan fingerprint density at radius 1 is 1.29 bits per heavy atom. The van der Waals surface area contributed by atoms with Crippen LogP contribution in [0.5, 0.6) is 0 Å². The zero-order chi connectivity index (χ0) is 9.97. The fraction of sp³-hybridized carbons (Fsp3) is 0. The zero-order valence-electron chi connectivity index (χ0n) is 7.40. The summed E-state index contributed by atoms with van der Waals surface area (Å²) in [5.74, 6) is 0. The second-order valence-corrected chi connectivity index (χ2v) is 3.84. The molecule has 2 nitrogen and oxygen atoms in total. The SMILES string of the molecule is N#Cc1ccc(-c2cccs2)c(N)c1. The summed E-state index contributed by atoms with van der Waals surface area (Å²) < 4.78 is 0. The molecule has 1 heterocycles. The van der Waals surface area contributed by atoms with Crippen molar-refractivity contribution in [2.75, 3.05) is 5.73 Å². The molecule has 2 aromatic rings. The van der Waals surface area contributed by atoms with Crippen LogP contribution in [0.1, 0.15) is 5.56 Å². The molecule has 0 fully saturated rings. The van der Waals surface area contributed by atoms with Crippen molar-refractivity contribution in [3.63, 3.8) is 0 Å². The van der Waals surface area contributed by atoms with Gasteiger partial charge in [-0.25, -0.2) is 0 Å². The largest absolute Gasteiger partial charge is 0.398 e. The summed E-state index contributed by atoms with van der Waals surface area (Å²) in [5, 5.41) is 10.7. The third kappa shape index (κ3) is 1.48. The Bertz CT molecular complexity index is 480. The Morgan fingerprint density at radius 3 is 2.71 bits per heavy atom. The third-order valence-corrected chi connectivity index (χ3v) is 2.87. The van der Waals surface area contributed by atoms with Crippen LogP contribution in [0.4, 0.5) is 5.69 Å². The van der Waals surface area contributed by atoms with Crippen molar-refractivity contribution in [2.24, 2.45) is 0 Å². The maximum atomic E-state index is 8.68. The number of hydrogen-bond acceptors (Lipinski definition) is 3. The number of nitrogens with zero attached hydrogens (tertiary/aromatic N) is 1. The summed E-state index contributed by atoms with van der Waals surface area (Å²) in [4.78, 5) is 1.13. The molecule has 14 heavy (non-hydrogen) atoms. The van der Waals surface area contributed by atoms with Crippen molar-refractivity contribution in [3.8, 4) is 16.5 Å². The minimum atomic E-state index is 0.600. The van der Waals surface area contributed by atoms with E-state index in [0.717, 1.165) is 10.4 Å². The minimum Gasteiger partial charge on any atom is -0.398 e. The number of anilines is 1. The molecule has 2 rings (SSSR count). The van der Waals surface area contributed by atoms with Crippen LogP contribution < -0.4 is 5.73 Å². The van der Waals surface area contributed by atoms with Crippen LogP contribution in [0.3, 0.4) is 0 Å². The van der Waals surface area contributed by atoms with Gasteiger partial charge in [-0.2, -0.15) is 5.26 Å². The minimum absolute atomic E-state index is 0.600. The van der Waals surface area contributed by atoms with Crippen LogP contribution in [0, 0.1) is 11.3 Å². The molecule has 0 bridgehead atoms. The van der Waals surface area contributed by atoms with Crippen LogP contribution in [0.2, 0.25) is 0 Å². The number of thiophene rings is 1. The van der Waals surface area contributed by atoms with Crippen LogP contribution in [-0.4, -0.2) is 0 Å². The van der Waals surface area contributed by atoms with Gasteiger partial charge in [0.25, 0.3) is 0 Å². The molecular formula is C11H8N2S. The van der Waals surface area contributed by atoms with Crippen LogP contribution >= 0.6 is 11.3 Å². The lowest BCUT2D eigenvalue weighted by atomic mass is 10.1. The van der Waals surface area contributed by atoms with Gasteiger partial charge in [0.05, 0.1) is 11.6 Å². The maximum Gasteiger partial charge on any atom is 0.0992 e. The molecule has 0 spiro atoms. The first-order chi connectivity index (χ1) is 6.81. The summed E-state index contributed by atoms with van der Waals surface area (Å²) >= 11 is 1.64. The van der Waals surface area contributed by atoms with E-state index in [2.05, 4.69) is 6.07 Å². The number of nitriles is 1. The molecule has 0 radical (unpaired) electrons. The lowest BCUT2D eigenvalue weighted by Crippen LogP contribution is -1.89. The van der Waals surface area contributed by atoms with Crippen LogP contribution in [0.15, 0.2) is 35.7 Å². The highest BCUT2D eigenvalue weighted by Gasteiger charge is 2.03. The lowest BCUT2D eigenvalue weighted by molar-refractivity contribution is 1.49. The Morgan fingerprint density at radius 2 is 2.14 bits per heavy atom. The van der Waals surface area contributed by atoms with Gasteiger partial charge in [0.2, 0.25) is 0 Å². The van der Waals surface area contributed by atoms with E-state index in [9.17, 15) is 0 Å². The Labute approximate surface area is 86.2 Å². The highest BCUT2D eigenvalue weighted by Crippen LogP contribution is 2.30. The van der Waals surface area contributed by atoms with Crippen molar-refractivity contribution in [1.82, 2.24) is 0 Å². The molecule has 0 atom stereocenters. The van der Waals surface area contributed by atoms with Crippen molar-refractivity contribution >= 4 is 17.0 Å². The molecule has 1 aromatic heterocycles. The lowest BCUT2D eigenvalue weighted by Gasteiger charge is -2.02. The van der Waals surface area contributed by atoms with Crippen LogP contribution in [-0.2, 0) is 0 Å². The number of nitrogen functional groups attached to an aromatic ring is 1. The van der Waals surface area contributed by atoms with Crippen LogP contribution in [0.25, 0.3) is 10.4 Å². The number of rotatable bonds is 1. The van der Waals surface area contributed by atoms with E-state index in [1.165, 1.54) is 0 Å². The highest BCUT2D eigenvalue weighted by molar-refractivity contribution is 7.13. The van der Waals surface area contributed by atoms with Gasteiger partial charge in [0.1, 0.15) is 0 Å². The molecule has 0 aliphatic rings. The van der Waals surface area contributed by atoms with E-state index in [1.54, 1.807) is 23.5 Å². The molecule has 0 aliphatic carbocycles. The first-order valence-electron chi connectivity index (χ1n) is 4.15. The second-order valence-electron chi connectivity index (χ2n) is 2.89. The van der Waals surface area contributed by atoms with Gasteiger partial charge in [-0.05, 0) is 23.6 Å². The van der Waals surface area contributed by atoms with Crippen molar-refractivity contribution in [3.05, 3.63) is 41.3 Å². The average Bonchev–Trinajstić information content (AvgIpc) is 2.70. The number of nitrogens with two attached hydrogens (primary N) is 1. The van der Waals surface area contributed by atoms with E-state index < -0.39 is 0 Å². The number of hydrogen-bond donors (Lipinski definition) is 1. The topological polar surface area (TPSA) is 49.8 Å². The first kappa shape index (κ1) is 8.79. The van der Waals surface area contributed by atoms with Crippen molar-refractivity contribution in [1.29, 1.82) is 5.26 Å². The zero-order valence-corrected chi connectivity index (χ0v) is 8.21. The molecule has 0 aliphatic heterocycles. The molecule has 0 amide bonds. The van der Waals surface area contributed by atoms with E-state index in [-0.39, 0.29) is 0 Å². The highest BCUT2D eigenvalue weighted by atomic mass is 32.1. The number of benzene rings is 1. The van der Waals surface area contributed by atoms with Gasteiger partial charge in [0.15, 0.2) is 0 Å². The van der Waals surface area contributed by atoms with Crippen molar-refractivity contribution in [2.45, 2.75) is 0 Å². The summed E-state index contributed by atoms with van der Waals surface area (Å²) in [6.07, 6.45) is 0. The average molecular weight is 200 g/mol. The van der Waals surface area contributed by atoms with E-state index in [4.69, 9.17) is 11.0 Å². The predicted octanol–water partition coefficient (Wildman–Crippen LogP) is 2.87. The van der Waals surface area contributed by atoms with Gasteiger partial charge >= 0.3 is 0 Å². The molecule has 2 N–H and O–H groups in total. The summed E-state index contributed by atoms with van der Waals surface area (Å²) in [6.45, 7) is 0. The maximum absolute atomic E-state index is 8.68. The molecule has 3 heteroatoms. The molecular weight excluding hydrogens is 192 g/mol. The molecule has 68 valence electrons. The standard InChI is InChI=1S/C11H8N2S/c12-7-8-3-4-9(10(13)6-8)11-2-1-5-14-11/h1-6H,13H2. The Hall–Kier alpha value is -1.79. The second kappa shape index (κ2) is 3.52. The summed E-state index contributed by atoms with van der Waals surface area (Å²) in [6, 6.07) is 11.4. The van der Waals surface area contributed by atoms with E-state index in [1.807, 2.05) is 23.6 Å². The Kier molecular flexibility index (Phi) is 2.21. The van der Waals surface area contributed by atoms with E-state index >= 15 is 0 Å². The van der Waals surface area contributed by atoms with Gasteiger partial charge in [-0.3, -0.25) is 0 Å². The molecule has 0 unspecified atom stereocenters. The Balaban J connectivity index is 2.52. The van der Waals surface area contributed by atoms with Gasteiger partial charge < -0.3 is 5.73 Å². The molecule has 1 aromatic carbocycles.